The van der Waals surface area contributed by atoms with E-state index in [-0.39, 0.29) is 11.5 Å². The highest BCUT2D eigenvalue weighted by Gasteiger charge is 2.45. The van der Waals surface area contributed by atoms with E-state index in [2.05, 4.69) is 37.7 Å². The van der Waals surface area contributed by atoms with E-state index in [1.54, 1.807) is 0 Å². The van der Waals surface area contributed by atoms with Gasteiger partial charge in [-0.15, -0.1) is 0 Å². The monoisotopic (exact) mass is 216 g/mol. The molecule has 0 spiro atoms. The maximum atomic E-state index is 6.44. The fourth-order valence-electron chi connectivity index (χ4n) is 2.94. The summed E-state index contributed by atoms with van der Waals surface area (Å²) < 4.78 is 0. The van der Waals surface area contributed by atoms with Crippen LogP contribution in [0.25, 0.3) is 0 Å². The largest absolute Gasteiger partial charge is 0.323 e. The first-order valence-corrected chi connectivity index (χ1v) is 6.06. The summed E-state index contributed by atoms with van der Waals surface area (Å²) in [5.74, 6) is 3.52. The Morgan fingerprint density at radius 3 is 3.00 bits per heavy atom. The Labute approximate surface area is 97.6 Å². The zero-order chi connectivity index (χ0) is 11.8. The Morgan fingerprint density at radius 2 is 2.38 bits per heavy atom. The number of hydrogen-bond acceptors (Lipinski definition) is 2. The Bertz CT molecular complexity index is 408. The molecule has 86 valence electrons. The molecule has 2 nitrogen and oxygen atoms in total. The van der Waals surface area contributed by atoms with Crippen molar-refractivity contribution in [2.75, 3.05) is 0 Å². The van der Waals surface area contributed by atoms with Gasteiger partial charge in [0.1, 0.15) is 0 Å². The van der Waals surface area contributed by atoms with Crippen LogP contribution in [-0.4, -0.2) is 11.9 Å². The van der Waals surface area contributed by atoms with Gasteiger partial charge in [-0.25, -0.2) is 4.99 Å². The minimum atomic E-state index is 0.112. The quantitative estimate of drug-likeness (QED) is 0.757. The SMILES string of the molecule is CCC1(C(C)C)CC2=C(C=CC=C=N2)[C@H]1N. The smallest absolute Gasteiger partial charge is 0.0557 e. The van der Waals surface area contributed by atoms with Crippen LogP contribution in [0.15, 0.2) is 34.5 Å². The first kappa shape index (κ1) is 11.4. The summed E-state index contributed by atoms with van der Waals surface area (Å²) in [7, 11) is 0. The molecule has 16 heavy (non-hydrogen) atoms. The molecule has 2 atom stereocenters. The van der Waals surface area contributed by atoms with Crippen molar-refractivity contribution in [3.05, 3.63) is 29.5 Å². The highest BCUT2D eigenvalue weighted by atomic mass is 14.8. The van der Waals surface area contributed by atoms with Crippen LogP contribution < -0.4 is 5.73 Å². The molecule has 0 aromatic heterocycles. The standard InChI is InChI=1S/C14H20N2/c1-4-14(10(2)3)9-12-11(13(14)15)7-5-6-8-16-12/h5-7,10,13H,4,9,15H2,1-3H3/t13-,14?/m1/s1. The molecule has 0 aromatic rings. The molecule has 0 saturated heterocycles. The normalized spacial score (nSPS) is 32.4. The lowest BCUT2D eigenvalue weighted by molar-refractivity contribution is 0.167. The third-order valence-corrected chi connectivity index (χ3v) is 4.24. The average Bonchev–Trinajstić information content (AvgIpc) is 2.42. The number of allylic oxidation sites excluding steroid dienone is 3. The van der Waals surface area contributed by atoms with Crippen molar-refractivity contribution < 1.29 is 0 Å². The van der Waals surface area contributed by atoms with Gasteiger partial charge >= 0.3 is 0 Å². The van der Waals surface area contributed by atoms with E-state index in [1.165, 1.54) is 5.57 Å². The van der Waals surface area contributed by atoms with Crippen LogP contribution in [0.3, 0.4) is 0 Å². The Kier molecular flexibility index (Phi) is 2.88. The minimum Gasteiger partial charge on any atom is -0.323 e. The van der Waals surface area contributed by atoms with Crippen molar-refractivity contribution in [3.63, 3.8) is 0 Å². The molecule has 1 unspecified atom stereocenters. The molecule has 0 saturated carbocycles. The minimum absolute atomic E-state index is 0.112. The zero-order valence-corrected chi connectivity index (χ0v) is 10.3. The summed E-state index contributed by atoms with van der Waals surface area (Å²) >= 11 is 0. The maximum absolute atomic E-state index is 6.44. The van der Waals surface area contributed by atoms with Gasteiger partial charge in [0, 0.05) is 6.04 Å². The maximum Gasteiger partial charge on any atom is 0.0557 e. The molecule has 0 fully saturated rings. The summed E-state index contributed by atoms with van der Waals surface area (Å²) in [4.78, 5) is 4.39. The third-order valence-electron chi connectivity index (χ3n) is 4.24. The molecule has 0 amide bonds. The summed E-state index contributed by atoms with van der Waals surface area (Å²) in [6.45, 7) is 6.76. The van der Waals surface area contributed by atoms with E-state index < -0.39 is 0 Å². The summed E-state index contributed by atoms with van der Waals surface area (Å²) in [6, 6.07) is 0.112. The summed E-state index contributed by atoms with van der Waals surface area (Å²) in [5, 5.41) is 0. The van der Waals surface area contributed by atoms with E-state index in [4.69, 9.17) is 5.73 Å². The van der Waals surface area contributed by atoms with Crippen molar-refractivity contribution in [3.8, 4) is 0 Å². The Morgan fingerprint density at radius 1 is 1.62 bits per heavy atom. The molecule has 2 N–H and O–H groups in total. The fourth-order valence-corrected chi connectivity index (χ4v) is 2.94. The van der Waals surface area contributed by atoms with Crippen molar-refractivity contribution in [1.29, 1.82) is 0 Å². The number of nitrogens with two attached hydrogens (primary N) is 1. The number of nitrogens with zero attached hydrogens (tertiary/aromatic N) is 1. The van der Waals surface area contributed by atoms with Crippen LogP contribution >= 0.6 is 0 Å². The van der Waals surface area contributed by atoms with E-state index in [1.807, 2.05) is 12.2 Å². The van der Waals surface area contributed by atoms with E-state index in [9.17, 15) is 0 Å². The van der Waals surface area contributed by atoms with Crippen molar-refractivity contribution in [1.82, 2.24) is 0 Å². The van der Waals surface area contributed by atoms with Gasteiger partial charge < -0.3 is 5.73 Å². The number of hydrogen-bond donors (Lipinski definition) is 1. The van der Waals surface area contributed by atoms with Gasteiger partial charge in [0.15, 0.2) is 0 Å². The molecule has 2 aliphatic rings. The summed E-state index contributed by atoms with van der Waals surface area (Å²) in [5.41, 5.74) is 8.95. The van der Waals surface area contributed by atoms with Crippen LogP contribution in [0.4, 0.5) is 0 Å². The van der Waals surface area contributed by atoms with E-state index in [0.717, 1.165) is 18.5 Å². The molecule has 0 aromatic carbocycles. The molecule has 2 rings (SSSR count). The molecular formula is C14H20N2. The second-order valence-electron chi connectivity index (χ2n) is 5.06. The molecule has 2 heteroatoms. The van der Waals surface area contributed by atoms with Gasteiger partial charge in [-0.05, 0) is 41.7 Å². The van der Waals surface area contributed by atoms with E-state index in [0.29, 0.717) is 5.92 Å². The highest BCUT2D eigenvalue weighted by molar-refractivity contribution is 5.60. The van der Waals surface area contributed by atoms with E-state index >= 15 is 0 Å². The molecule has 0 bridgehead atoms. The van der Waals surface area contributed by atoms with Gasteiger partial charge in [0.05, 0.1) is 5.70 Å². The molecular weight excluding hydrogens is 196 g/mol. The average molecular weight is 216 g/mol. The van der Waals surface area contributed by atoms with Crippen molar-refractivity contribution in [2.24, 2.45) is 22.1 Å². The van der Waals surface area contributed by atoms with Crippen LogP contribution in [0, 0.1) is 11.3 Å². The molecule has 0 radical (unpaired) electrons. The topological polar surface area (TPSA) is 38.4 Å². The predicted molar refractivity (Wildman–Crippen MR) is 68.3 cm³/mol. The van der Waals surface area contributed by atoms with Gasteiger partial charge in [-0.2, -0.15) is 0 Å². The van der Waals surface area contributed by atoms with Crippen LogP contribution in [-0.2, 0) is 0 Å². The van der Waals surface area contributed by atoms with Gasteiger partial charge in [0.25, 0.3) is 0 Å². The summed E-state index contributed by atoms with van der Waals surface area (Å²) in [6.07, 6.45) is 8.02. The molecule has 1 aliphatic heterocycles. The molecule has 1 heterocycles. The second-order valence-corrected chi connectivity index (χ2v) is 5.06. The van der Waals surface area contributed by atoms with Crippen molar-refractivity contribution in [2.45, 2.75) is 39.7 Å². The van der Waals surface area contributed by atoms with Gasteiger partial charge in [0.2, 0.25) is 0 Å². The second kappa shape index (κ2) is 4.04. The van der Waals surface area contributed by atoms with Crippen LogP contribution in [0.2, 0.25) is 0 Å². The highest BCUT2D eigenvalue weighted by Crippen LogP contribution is 2.49. The lowest BCUT2D eigenvalue weighted by atomic mass is 9.69. The number of rotatable bonds is 2. The Hall–Kier alpha value is -1.11. The lowest BCUT2D eigenvalue weighted by Gasteiger charge is -2.37. The molecule has 1 aliphatic carbocycles. The van der Waals surface area contributed by atoms with Crippen LogP contribution in [0.1, 0.15) is 33.6 Å². The first-order chi connectivity index (χ1) is 7.62. The van der Waals surface area contributed by atoms with Gasteiger partial charge in [-0.3, -0.25) is 0 Å². The fraction of sp³-hybridized carbons (Fsp3) is 0.571. The lowest BCUT2D eigenvalue weighted by Crippen LogP contribution is -2.42. The van der Waals surface area contributed by atoms with Crippen LogP contribution in [0.5, 0.6) is 0 Å². The van der Waals surface area contributed by atoms with Gasteiger partial charge in [-0.1, -0.05) is 32.9 Å². The van der Waals surface area contributed by atoms with Crippen molar-refractivity contribution >= 4 is 5.87 Å². The predicted octanol–water partition coefficient (Wildman–Crippen LogP) is 2.82. The third kappa shape index (κ3) is 1.50. The number of aliphatic imine (C=N–C) groups is 1. The Balaban J connectivity index is 2.41. The zero-order valence-electron chi connectivity index (χ0n) is 10.3. The first-order valence-electron chi connectivity index (χ1n) is 6.06.